The topological polar surface area (TPSA) is 127 Å². The monoisotopic (exact) mass is 666 g/mol. The highest BCUT2D eigenvalue weighted by Gasteiger charge is 2.29. The summed E-state index contributed by atoms with van der Waals surface area (Å²) in [4.78, 5) is 0. The van der Waals surface area contributed by atoms with Gasteiger partial charge in [0.05, 0.1) is 5.56 Å². The van der Waals surface area contributed by atoms with E-state index in [-0.39, 0.29) is 5.56 Å². The minimum absolute atomic E-state index is 0.201. The Morgan fingerprint density at radius 2 is 0.804 bits per heavy atom. The summed E-state index contributed by atoms with van der Waals surface area (Å²) in [5, 5.41) is 60.3. The number of para-hydroxylation sites is 2. The van der Waals surface area contributed by atoms with Gasteiger partial charge in [0.25, 0.3) is 0 Å². The summed E-state index contributed by atoms with van der Waals surface area (Å²) >= 11 is 0. The van der Waals surface area contributed by atoms with E-state index in [1.807, 2.05) is 91.0 Å². The average Bonchev–Trinajstić information content (AvgIpc) is 3.75. The van der Waals surface area contributed by atoms with E-state index in [1.54, 1.807) is 0 Å². The molecule has 0 saturated carbocycles. The summed E-state index contributed by atoms with van der Waals surface area (Å²) < 4.78 is 12.9. The maximum Gasteiger partial charge on any atom is 0.208 e. The lowest BCUT2D eigenvalue weighted by Crippen LogP contribution is -1.93. The summed E-state index contributed by atoms with van der Waals surface area (Å²) in [6.07, 6.45) is 0. The zero-order valence-electron chi connectivity index (χ0n) is 26.7. The van der Waals surface area contributed by atoms with Crippen molar-refractivity contribution in [2.45, 2.75) is 0 Å². The molecule has 0 spiro atoms. The van der Waals surface area contributed by atoms with Gasteiger partial charge in [0.1, 0.15) is 22.3 Å². The van der Waals surface area contributed by atoms with Gasteiger partial charge in [0.2, 0.25) is 17.2 Å². The number of furan rings is 2. The van der Waals surface area contributed by atoms with Gasteiger partial charge in [-0.05, 0) is 63.0 Å². The zero-order chi connectivity index (χ0) is 34.5. The summed E-state index contributed by atoms with van der Waals surface area (Å²) in [5.74, 6) is -4.38. The van der Waals surface area contributed by atoms with Gasteiger partial charge in [-0.3, -0.25) is 0 Å². The molecule has 5 N–H and O–H groups in total. The molecule has 10 rings (SSSR count). The first-order chi connectivity index (χ1) is 24.9. The Kier molecular flexibility index (Phi) is 5.91. The Morgan fingerprint density at radius 1 is 0.333 bits per heavy atom. The standard InChI is InChI=1S/C44H26O7/c45-39-38(40(46)42(48)43(49)41(39)47)36-27-12-3-1-10-25(27)35(26-11-2-4-13-28(26)36)30-19-18-23(37-29-14-6-8-16-33(29)51-44(30)37)22-17-20-34-31(21-22)24-9-5-7-15-32(24)50-34/h1-21,45-49H. The molecule has 244 valence electrons. The van der Waals surface area contributed by atoms with Crippen molar-refractivity contribution in [3.63, 3.8) is 0 Å². The van der Waals surface area contributed by atoms with Crippen molar-refractivity contribution in [1.29, 1.82) is 0 Å². The van der Waals surface area contributed by atoms with Gasteiger partial charge in [-0.2, -0.15) is 0 Å². The summed E-state index contributed by atoms with van der Waals surface area (Å²) in [5.41, 5.74) is 6.98. The summed E-state index contributed by atoms with van der Waals surface area (Å²) in [7, 11) is 0. The van der Waals surface area contributed by atoms with Gasteiger partial charge in [-0.25, -0.2) is 0 Å². The molecule has 0 aliphatic carbocycles. The molecule has 0 amide bonds. The minimum Gasteiger partial charge on any atom is -0.504 e. The number of aromatic hydroxyl groups is 5. The molecule has 7 nitrogen and oxygen atoms in total. The molecule has 0 unspecified atom stereocenters. The first-order valence-corrected chi connectivity index (χ1v) is 16.4. The second kappa shape index (κ2) is 10.4. The first kappa shape index (κ1) is 28.9. The van der Waals surface area contributed by atoms with E-state index in [0.29, 0.717) is 21.9 Å². The van der Waals surface area contributed by atoms with Crippen molar-refractivity contribution >= 4 is 65.4 Å². The predicted octanol–water partition coefficient (Wildman–Crippen LogP) is 11.3. The number of hydrogen-bond donors (Lipinski definition) is 5. The van der Waals surface area contributed by atoms with E-state index in [1.165, 1.54) is 0 Å². The molecule has 10 aromatic rings. The number of phenols is 5. The molecule has 7 heteroatoms. The van der Waals surface area contributed by atoms with Crippen molar-refractivity contribution in [2.24, 2.45) is 0 Å². The fraction of sp³-hybridized carbons (Fsp3) is 0. The van der Waals surface area contributed by atoms with E-state index >= 15 is 0 Å². The number of fused-ring (bicyclic) bond motifs is 8. The molecule has 0 bridgehead atoms. The van der Waals surface area contributed by atoms with E-state index in [2.05, 4.69) is 36.4 Å². The Balaban J connectivity index is 1.32. The lowest BCUT2D eigenvalue weighted by molar-refractivity contribution is 0.330. The maximum atomic E-state index is 11.1. The van der Waals surface area contributed by atoms with Gasteiger partial charge >= 0.3 is 0 Å². The van der Waals surface area contributed by atoms with Crippen LogP contribution in [0.5, 0.6) is 28.7 Å². The molecule has 8 aromatic carbocycles. The van der Waals surface area contributed by atoms with E-state index in [4.69, 9.17) is 8.83 Å². The molecule has 0 atom stereocenters. The first-order valence-electron chi connectivity index (χ1n) is 16.4. The summed E-state index contributed by atoms with van der Waals surface area (Å²) in [6.45, 7) is 0. The smallest absolute Gasteiger partial charge is 0.208 e. The predicted molar refractivity (Wildman–Crippen MR) is 201 cm³/mol. The van der Waals surface area contributed by atoms with Crippen molar-refractivity contribution in [2.75, 3.05) is 0 Å². The Labute approximate surface area is 288 Å². The quantitative estimate of drug-likeness (QED) is 0.0721. The van der Waals surface area contributed by atoms with Crippen LogP contribution in [-0.2, 0) is 0 Å². The molecule has 0 radical (unpaired) electrons. The van der Waals surface area contributed by atoms with Gasteiger partial charge in [-0.15, -0.1) is 0 Å². The highest BCUT2D eigenvalue weighted by molar-refractivity contribution is 6.26. The van der Waals surface area contributed by atoms with Gasteiger partial charge < -0.3 is 34.4 Å². The van der Waals surface area contributed by atoms with E-state index in [0.717, 1.165) is 71.3 Å². The van der Waals surface area contributed by atoms with Crippen molar-refractivity contribution < 1.29 is 34.4 Å². The van der Waals surface area contributed by atoms with Crippen LogP contribution >= 0.6 is 0 Å². The normalized spacial score (nSPS) is 11.9. The van der Waals surface area contributed by atoms with E-state index in [9.17, 15) is 25.5 Å². The molecule has 2 heterocycles. The third-order valence-corrected chi connectivity index (χ3v) is 10.0. The Hall–Kier alpha value is -7.12. The fourth-order valence-electron chi connectivity index (χ4n) is 7.77. The zero-order valence-corrected chi connectivity index (χ0v) is 26.7. The Bertz CT molecular complexity index is 3010. The van der Waals surface area contributed by atoms with Crippen LogP contribution < -0.4 is 0 Å². The lowest BCUT2D eigenvalue weighted by atomic mass is 9.84. The highest BCUT2D eigenvalue weighted by atomic mass is 16.4. The van der Waals surface area contributed by atoms with Crippen molar-refractivity contribution in [3.8, 4) is 62.1 Å². The molecule has 0 fully saturated rings. The highest BCUT2D eigenvalue weighted by Crippen LogP contribution is 2.58. The number of hydrogen-bond acceptors (Lipinski definition) is 7. The Morgan fingerprint density at radius 3 is 1.43 bits per heavy atom. The fourth-order valence-corrected chi connectivity index (χ4v) is 7.77. The molecule has 0 saturated heterocycles. The van der Waals surface area contributed by atoms with Crippen molar-refractivity contribution in [1.82, 2.24) is 0 Å². The van der Waals surface area contributed by atoms with Crippen LogP contribution in [0.25, 0.3) is 98.8 Å². The molecule has 0 aliphatic rings. The molecule has 2 aromatic heterocycles. The van der Waals surface area contributed by atoms with Crippen LogP contribution in [0.4, 0.5) is 0 Å². The number of phenolic OH excluding ortho intramolecular Hbond substituents is 5. The largest absolute Gasteiger partial charge is 0.504 e. The van der Waals surface area contributed by atoms with Crippen LogP contribution in [-0.4, -0.2) is 25.5 Å². The third kappa shape index (κ3) is 3.94. The van der Waals surface area contributed by atoms with Gasteiger partial charge in [0, 0.05) is 38.2 Å². The second-order valence-electron chi connectivity index (χ2n) is 12.7. The van der Waals surface area contributed by atoms with Crippen LogP contribution in [0.1, 0.15) is 0 Å². The van der Waals surface area contributed by atoms with Crippen LogP contribution in [0, 0.1) is 0 Å². The van der Waals surface area contributed by atoms with Crippen molar-refractivity contribution in [3.05, 3.63) is 127 Å². The van der Waals surface area contributed by atoms with Crippen LogP contribution in [0.3, 0.4) is 0 Å². The third-order valence-electron chi connectivity index (χ3n) is 10.0. The SMILES string of the molecule is Oc1c(O)c(O)c(-c2c3ccccc3c(-c3ccc(-c4ccc5oc6ccccc6c5c4)c4c3oc3ccccc34)c3ccccc23)c(O)c1O. The van der Waals surface area contributed by atoms with Crippen LogP contribution in [0.2, 0.25) is 0 Å². The summed E-state index contributed by atoms with van der Waals surface area (Å²) in [6, 6.07) is 41.6. The maximum absolute atomic E-state index is 11.1. The van der Waals surface area contributed by atoms with Gasteiger partial charge in [-0.1, -0.05) is 97.1 Å². The number of rotatable bonds is 3. The molecule has 51 heavy (non-hydrogen) atoms. The number of benzene rings is 8. The molecular weight excluding hydrogens is 640 g/mol. The van der Waals surface area contributed by atoms with E-state index < -0.39 is 28.7 Å². The second-order valence-corrected chi connectivity index (χ2v) is 12.7. The average molecular weight is 667 g/mol. The molecule has 0 aliphatic heterocycles. The lowest BCUT2D eigenvalue weighted by Gasteiger charge is -2.20. The minimum atomic E-state index is -1.01. The van der Waals surface area contributed by atoms with Gasteiger partial charge in [0.15, 0.2) is 11.5 Å². The van der Waals surface area contributed by atoms with Crippen LogP contribution in [0.15, 0.2) is 136 Å². The molecular formula is C44H26O7.